The van der Waals surface area contributed by atoms with E-state index in [-0.39, 0.29) is 11.3 Å². The average molecular weight is 334 g/mol. The Morgan fingerprint density at radius 1 is 1.16 bits per heavy atom. The van der Waals surface area contributed by atoms with E-state index in [1.165, 1.54) is 12.1 Å². The molecule has 7 heteroatoms. The highest BCUT2D eigenvalue weighted by molar-refractivity contribution is 6.08. The van der Waals surface area contributed by atoms with E-state index >= 15 is 0 Å². The molecule has 0 aliphatic heterocycles. The van der Waals surface area contributed by atoms with Gasteiger partial charge in [0.05, 0.1) is 16.2 Å². The van der Waals surface area contributed by atoms with Crippen molar-refractivity contribution < 1.29 is 9.72 Å². The monoisotopic (exact) mass is 334 g/mol. The zero-order valence-corrected chi connectivity index (χ0v) is 13.3. The lowest BCUT2D eigenvalue weighted by molar-refractivity contribution is -0.384. The lowest BCUT2D eigenvalue weighted by atomic mass is 10.0. The molecule has 0 fully saturated rings. The summed E-state index contributed by atoms with van der Waals surface area (Å²) >= 11 is 0. The molecule has 0 spiro atoms. The van der Waals surface area contributed by atoms with E-state index < -0.39 is 10.8 Å². The Morgan fingerprint density at radius 2 is 1.88 bits per heavy atom. The van der Waals surface area contributed by atoms with Gasteiger partial charge in [0, 0.05) is 30.1 Å². The molecule has 0 aliphatic rings. The number of nitrogens with one attached hydrogen (secondary N) is 1. The maximum absolute atomic E-state index is 12.5. The van der Waals surface area contributed by atoms with Gasteiger partial charge in [-0.1, -0.05) is 24.3 Å². The largest absolute Gasteiger partial charge is 0.272 e. The van der Waals surface area contributed by atoms with Crippen LogP contribution in [-0.4, -0.2) is 21.5 Å². The molecule has 0 unspecified atom stereocenters. The van der Waals surface area contributed by atoms with Crippen LogP contribution in [0.5, 0.6) is 0 Å². The third kappa shape index (κ3) is 3.50. The number of aromatic nitrogens is 1. The van der Waals surface area contributed by atoms with Crippen LogP contribution < -0.4 is 5.43 Å². The van der Waals surface area contributed by atoms with E-state index in [0.717, 1.165) is 5.56 Å². The predicted octanol–water partition coefficient (Wildman–Crippen LogP) is 3.30. The quantitative estimate of drug-likeness (QED) is 0.449. The number of pyridine rings is 1. The van der Waals surface area contributed by atoms with Gasteiger partial charge in [0.25, 0.3) is 11.6 Å². The Balaban J connectivity index is 1.95. The van der Waals surface area contributed by atoms with Crippen molar-refractivity contribution in [1.82, 2.24) is 10.4 Å². The van der Waals surface area contributed by atoms with Gasteiger partial charge < -0.3 is 0 Å². The number of nitro benzene ring substituents is 1. The standard InChI is InChI=1S/C18H14N4O3/c1-12(13-6-8-19-9-7-13)20-21-18(23)17-11-15(22(24)25)10-14-4-2-3-5-16(14)17/h2-11H,1H3,(H,21,23). The van der Waals surface area contributed by atoms with Crippen LogP contribution in [0.1, 0.15) is 22.8 Å². The molecule has 2 aromatic carbocycles. The summed E-state index contributed by atoms with van der Waals surface area (Å²) in [7, 11) is 0. The number of rotatable bonds is 4. The number of amides is 1. The smallest absolute Gasteiger partial charge is 0.267 e. The van der Waals surface area contributed by atoms with E-state index in [1.807, 2.05) is 0 Å². The van der Waals surface area contributed by atoms with Gasteiger partial charge in [-0.05, 0) is 29.8 Å². The van der Waals surface area contributed by atoms with Gasteiger partial charge in [-0.2, -0.15) is 5.10 Å². The predicted molar refractivity (Wildman–Crippen MR) is 94.5 cm³/mol. The second kappa shape index (κ2) is 6.88. The number of nitrogens with zero attached hydrogens (tertiary/aromatic N) is 3. The van der Waals surface area contributed by atoms with Gasteiger partial charge in [-0.3, -0.25) is 19.9 Å². The Kier molecular flexibility index (Phi) is 4.47. The van der Waals surface area contributed by atoms with Crippen LogP contribution in [0.2, 0.25) is 0 Å². The van der Waals surface area contributed by atoms with E-state index in [9.17, 15) is 14.9 Å². The van der Waals surface area contributed by atoms with Crippen LogP contribution >= 0.6 is 0 Å². The van der Waals surface area contributed by atoms with Crippen molar-refractivity contribution >= 4 is 28.1 Å². The molecule has 3 rings (SSSR count). The highest BCUT2D eigenvalue weighted by Crippen LogP contribution is 2.25. The van der Waals surface area contributed by atoms with Gasteiger partial charge in [-0.25, -0.2) is 5.43 Å². The summed E-state index contributed by atoms with van der Waals surface area (Å²) in [5, 5.41) is 16.4. The minimum Gasteiger partial charge on any atom is -0.267 e. The summed E-state index contributed by atoms with van der Waals surface area (Å²) in [4.78, 5) is 27.0. The summed E-state index contributed by atoms with van der Waals surface area (Å²) in [6.07, 6.45) is 3.26. The number of benzene rings is 2. The van der Waals surface area contributed by atoms with Gasteiger partial charge in [0.2, 0.25) is 0 Å². The van der Waals surface area contributed by atoms with E-state index in [2.05, 4.69) is 15.5 Å². The summed E-state index contributed by atoms with van der Waals surface area (Å²) in [6, 6.07) is 13.3. The summed E-state index contributed by atoms with van der Waals surface area (Å²) < 4.78 is 0. The molecule has 1 heterocycles. The lowest BCUT2D eigenvalue weighted by Gasteiger charge is -2.06. The van der Waals surface area contributed by atoms with Gasteiger partial charge in [-0.15, -0.1) is 0 Å². The maximum Gasteiger partial charge on any atom is 0.272 e. The van der Waals surface area contributed by atoms with Crippen LogP contribution in [0.15, 0.2) is 66.0 Å². The molecule has 25 heavy (non-hydrogen) atoms. The third-order valence-corrected chi connectivity index (χ3v) is 3.73. The minimum absolute atomic E-state index is 0.140. The first kappa shape index (κ1) is 16.3. The number of fused-ring (bicyclic) bond motifs is 1. The van der Waals surface area contributed by atoms with Crippen molar-refractivity contribution in [2.24, 2.45) is 5.10 Å². The van der Waals surface area contributed by atoms with Gasteiger partial charge >= 0.3 is 0 Å². The number of carbonyl (C=O) groups excluding carboxylic acids is 1. The number of hydrogen-bond acceptors (Lipinski definition) is 5. The summed E-state index contributed by atoms with van der Waals surface area (Å²) in [5.74, 6) is -0.506. The molecule has 1 aromatic heterocycles. The van der Waals surface area contributed by atoms with Crippen molar-refractivity contribution in [2.75, 3.05) is 0 Å². The van der Waals surface area contributed by atoms with Crippen LogP contribution in [0.25, 0.3) is 10.8 Å². The molecule has 1 amide bonds. The normalized spacial score (nSPS) is 11.3. The molecular formula is C18H14N4O3. The highest BCUT2D eigenvalue weighted by Gasteiger charge is 2.16. The topological polar surface area (TPSA) is 97.5 Å². The zero-order valence-electron chi connectivity index (χ0n) is 13.3. The average Bonchev–Trinajstić information content (AvgIpc) is 2.65. The van der Waals surface area contributed by atoms with Crippen molar-refractivity contribution in [2.45, 2.75) is 6.92 Å². The first-order chi connectivity index (χ1) is 12.1. The molecule has 0 saturated heterocycles. The van der Waals surface area contributed by atoms with Gasteiger partial charge in [0.1, 0.15) is 0 Å². The number of nitro groups is 1. The molecule has 0 atom stereocenters. The molecule has 0 bridgehead atoms. The molecule has 1 N–H and O–H groups in total. The van der Waals surface area contributed by atoms with Crippen molar-refractivity contribution in [1.29, 1.82) is 0 Å². The Morgan fingerprint density at radius 3 is 2.60 bits per heavy atom. The van der Waals surface area contributed by atoms with E-state index in [1.54, 1.807) is 55.7 Å². The number of hydrogen-bond donors (Lipinski definition) is 1. The zero-order chi connectivity index (χ0) is 17.8. The Labute approximate surface area is 143 Å². The fourth-order valence-electron chi connectivity index (χ4n) is 2.44. The second-order valence-corrected chi connectivity index (χ2v) is 5.35. The summed E-state index contributed by atoms with van der Waals surface area (Å²) in [5.41, 5.74) is 3.95. The Hall–Kier alpha value is -3.61. The first-order valence-corrected chi connectivity index (χ1v) is 7.48. The molecule has 0 aliphatic carbocycles. The highest BCUT2D eigenvalue weighted by atomic mass is 16.6. The van der Waals surface area contributed by atoms with Crippen LogP contribution in [0, 0.1) is 10.1 Å². The number of hydrazone groups is 1. The molecule has 7 nitrogen and oxygen atoms in total. The second-order valence-electron chi connectivity index (χ2n) is 5.35. The van der Waals surface area contributed by atoms with Crippen molar-refractivity contribution in [3.63, 3.8) is 0 Å². The summed E-state index contributed by atoms with van der Waals surface area (Å²) in [6.45, 7) is 1.75. The molecule has 124 valence electrons. The first-order valence-electron chi connectivity index (χ1n) is 7.48. The maximum atomic E-state index is 12.5. The molecular weight excluding hydrogens is 320 g/mol. The van der Waals surface area contributed by atoms with Crippen LogP contribution in [0.4, 0.5) is 5.69 Å². The SMILES string of the molecule is CC(=NNC(=O)c1cc([N+](=O)[O-])cc2ccccc12)c1ccncc1. The number of carbonyl (C=O) groups is 1. The Bertz CT molecular complexity index is 984. The molecule has 0 saturated carbocycles. The lowest BCUT2D eigenvalue weighted by Crippen LogP contribution is -2.20. The number of non-ortho nitro benzene ring substituents is 1. The van der Waals surface area contributed by atoms with Gasteiger partial charge in [0.15, 0.2) is 0 Å². The van der Waals surface area contributed by atoms with E-state index in [0.29, 0.717) is 16.5 Å². The fourth-order valence-corrected chi connectivity index (χ4v) is 2.44. The van der Waals surface area contributed by atoms with Crippen molar-refractivity contribution in [3.05, 3.63) is 82.2 Å². The third-order valence-electron chi connectivity index (χ3n) is 3.73. The van der Waals surface area contributed by atoms with Crippen LogP contribution in [-0.2, 0) is 0 Å². The molecule has 3 aromatic rings. The van der Waals surface area contributed by atoms with Crippen molar-refractivity contribution in [3.8, 4) is 0 Å². The fraction of sp³-hybridized carbons (Fsp3) is 0.0556. The molecule has 0 radical (unpaired) electrons. The van der Waals surface area contributed by atoms with Crippen LogP contribution in [0.3, 0.4) is 0 Å². The minimum atomic E-state index is -0.519. The van der Waals surface area contributed by atoms with E-state index in [4.69, 9.17) is 0 Å².